The maximum atomic E-state index is 12.0. The quantitative estimate of drug-likeness (QED) is 0.264. The fraction of sp³-hybridized carbons (Fsp3) is 0.706. The van der Waals surface area contributed by atoms with Gasteiger partial charge in [0.2, 0.25) is 6.29 Å². The number of fused-ring (bicyclic) bond motifs is 1. The van der Waals surface area contributed by atoms with Gasteiger partial charge in [0.1, 0.15) is 24.4 Å². The lowest BCUT2D eigenvalue weighted by Gasteiger charge is -2.42. The van der Waals surface area contributed by atoms with Gasteiger partial charge in [0.15, 0.2) is 6.29 Å². The highest BCUT2D eigenvalue weighted by atomic mass is 16.8. The Balaban J connectivity index is 1.82. The maximum absolute atomic E-state index is 12.0. The van der Waals surface area contributed by atoms with Crippen molar-refractivity contribution in [1.29, 1.82) is 0 Å². The fourth-order valence-electron chi connectivity index (χ4n) is 3.82. The van der Waals surface area contributed by atoms with Crippen molar-refractivity contribution < 1.29 is 49.3 Å². The number of ether oxygens (including phenoxy) is 4. The van der Waals surface area contributed by atoms with E-state index in [0.29, 0.717) is 5.57 Å². The van der Waals surface area contributed by atoms with Gasteiger partial charge in [-0.2, -0.15) is 0 Å². The Morgan fingerprint density at radius 2 is 1.89 bits per heavy atom. The van der Waals surface area contributed by atoms with E-state index in [4.69, 9.17) is 18.9 Å². The minimum absolute atomic E-state index is 0.141. The van der Waals surface area contributed by atoms with Gasteiger partial charge in [-0.25, -0.2) is 4.79 Å². The van der Waals surface area contributed by atoms with E-state index >= 15 is 0 Å². The van der Waals surface area contributed by atoms with Crippen molar-refractivity contribution >= 4 is 5.97 Å². The molecule has 0 bridgehead atoms. The van der Waals surface area contributed by atoms with Crippen LogP contribution in [-0.4, -0.2) is 88.3 Å². The molecule has 0 radical (unpaired) electrons. The van der Waals surface area contributed by atoms with Gasteiger partial charge in [0, 0.05) is 5.92 Å². The molecule has 152 valence electrons. The Bertz CT molecular complexity index is 617. The number of carbonyl (C=O) groups is 1. The molecule has 10 nitrogen and oxygen atoms in total. The Kier molecular flexibility index (Phi) is 5.87. The number of aliphatic hydroxyl groups is 5. The standard InChI is InChI=1S/C17H24O10/c1-6-3-8(19)11-7(15(23)24-2)5-25-16(10(6)11)27-17-14(22)13(21)12(20)9(4-18)26-17/h5,8-14,16-22H,1,3-4H2,2H3/t8-,9-,10-,11+,12-,13+,14-,16+,17+/m1/s1. The predicted molar refractivity (Wildman–Crippen MR) is 86.6 cm³/mol. The van der Waals surface area contributed by atoms with E-state index in [0.717, 1.165) is 6.26 Å². The normalized spacial score (nSPS) is 44.3. The molecule has 1 saturated carbocycles. The molecule has 1 aliphatic carbocycles. The Morgan fingerprint density at radius 1 is 1.19 bits per heavy atom. The van der Waals surface area contributed by atoms with Crippen LogP contribution in [0.4, 0.5) is 0 Å². The van der Waals surface area contributed by atoms with Gasteiger partial charge < -0.3 is 44.5 Å². The zero-order chi connectivity index (χ0) is 19.9. The van der Waals surface area contributed by atoms with Crippen LogP contribution in [0.15, 0.2) is 24.0 Å². The van der Waals surface area contributed by atoms with E-state index in [2.05, 4.69) is 6.58 Å². The lowest BCUT2D eigenvalue weighted by atomic mass is 9.84. The Labute approximate surface area is 155 Å². The topological polar surface area (TPSA) is 155 Å². The SMILES string of the molecule is C=C1C[C@@H](O)[C@@H]2C(C(=O)OC)=CO[C@@H](O[C@@H]3O[C@H](CO)[C@@H](O)[C@H](O)[C@H]3O)[C@H]12. The first-order valence-electron chi connectivity index (χ1n) is 8.55. The molecule has 0 aromatic heterocycles. The summed E-state index contributed by atoms with van der Waals surface area (Å²) in [4.78, 5) is 12.0. The number of carbonyl (C=O) groups excluding carboxylic acids is 1. The average molecular weight is 388 g/mol. The zero-order valence-electron chi connectivity index (χ0n) is 14.7. The number of methoxy groups -OCH3 is 1. The lowest BCUT2D eigenvalue weighted by Crippen LogP contribution is -2.60. The highest BCUT2D eigenvalue weighted by Crippen LogP contribution is 2.46. The average Bonchev–Trinajstić information content (AvgIpc) is 2.96. The van der Waals surface area contributed by atoms with Crippen molar-refractivity contribution in [1.82, 2.24) is 0 Å². The number of hydrogen-bond acceptors (Lipinski definition) is 10. The molecular formula is C17H24O10. The predicted octanol–water partition coefficient (Wildman–Crippen LogP) is -2.23. The highest BCUT2D eigenvalue weighted by Gasteiger charge is 2.52. The Hall–Kier alpha value is -1.53. The summed E-state index contributed by atoms with van der Waals surface area (Å²) in [5.41, 5.74) is 0.721. The second-order valence-electron chi connectivity index (χ2n) is 6.88. The third-order valence-electron chi connectivity index (χ3n) is 5.26. The van der Waals surface area contributed by atoms with E-state index in [9.17, 15) is 30.3 Å². The molecule has 0 amide bonds. The molecule has 1 saturated heterocycles. The first kappa shape index (κ1) is 20.2. The van der Waals surface area contributed by atoms with Gasteiger partial charge in [-0.05, 0) is 6.42 Å². The van der Waals surface area contributed by atoms with Gasteiger partial charge in [-0.1, -0.05) is 12.2 Å². The molecule has 2 heterocycles. The second-order valence-corrected chi connectivity index (χ2v) is 6.88. The summed E-state index contributed by atoms with van der Waals surface area (Å²) < 4.78 is 21.2. The van der Waals surface area contributed by atoms with Crippen molar-refractivity contribution in [3.63, 3.8) is 0 Å². The summed E-state index contributed by atoms with van der Waals surface area (Å²) in [7, 11) is 1.21. The lowest BCUT2D eigenvalue weighted by molar-refractivity contribution is -0.339. The van der Waals surface area contributed by atoms with E-state index in [1.54, 1.807) is 0 Å². The van der Waals surface area contributed by atoms with Crippen LogP contribution >= 0.6 is 0 Å². The van der Waals surface area contributed by atoms with E-state index in [-0.39, 0.29) is 12.0 Å². The first-order valence-corrected chi connectivity index (χ1v) is 8.55. The number of aliphatic hydroxyl groups excluding tert-OH is 5. The van der Waals surface area contributed by atoms with Crippen LogP contribution in [0.3, 0.4) is 0 Å². The van der Waals surface area contributed by atoms with Gasteiger partial charge >= 0.3 is 5.97 Å². The molecule has 5 N–H and O–H groups in total. The molecule has 0 unspecified atom stereocenters. The molecular weight excluding hydrogens is 364 g/mol. The monoisotopic (exact) mass is 388 g/mol. The third kappa shape index (κ3) is 3.49. The Morgan fingerprint density at radius 3 is 2.52 bits per heavy atom. The van der Waals surface area contributed by atoms with Crippen molar-refractivity contribution in [3.8, 4) is 0 Å². The van der Waals surface area contributed by atoms with Crippen LogP contribution in [0.25, 0.3) is 0 Å². The molecule has 0 aromatic rings. The molecule has 3 aliphatic rings. The third-order valence-corrected chi connectivity index (χ3v) is 5.26. The van der Waals surface area contributed by atoms with Crippen LogP contribution < -0.4 is 0 Å². The van der Waals surface area contributed by atoms with E-state index in [1.165, 1.54) is 7.11 Å². The molecule has 9 atom stereocenters. The number of rotatable bonds is 4. The molecule has 2 aliphatic heterocycles. The van der Waals surface area contributed by atoms with Gasteiger partial charge in [-0.3, -0.25) is 0 Å². The molecule has 0 spiro atoms. The van der Waals surface area contributed by atoms with E-state index in [1.807, 2.05) is 0 Å². The molecule has 3 rings (SSSR count). The summed E-state index contributed by atoms with van der Waals surface area (Å²) in [6, 6.07) is 0. The zero-order valence-corrected chi connectivity index (χ0v) is 14.7. The summed E-state index contributed by atoms with van der Waals surface area (Å²) in [5.74, 6) is -1.94. The van der Waals surface area contributed by atoms with Crippen LogP contribution in [-0.2, 0) is 23.7 Å². The van der Waals surface area contributed by atoms with Crippen LogP contribution in [0.5, 0.6) is 0 Å². The van der Waals surface area contributed by atoms with Crippen molar-refractivity contribution in [2.45, 2.75) is 49.5 Å². The first-order chi connectivity index (χ1) is 12.8. The number of esters is 1. The molecule has 0 aromatic carbocycles. The van der Waals surface area contributed by atoms with Crippen LogP contribution in [0.2, 0.25) is 0 Å². The van der Waals surface area contributed by atoms with E-state index < -0.39 is 67.5 Å². The maximum Gasteiger partial charge on any atom is 0.337 e. The minimum atomic E-state index is -1.60. The summed E-state index contributed by atoms with van der Waals surface area (Å²) in [6.45, 7) is 3.30. The summed E-state index contributed by atoms with van der Waals surface area (Å²) in [6.07, 6.45) is -7.87. The second kappa shape index (κ2) is 7.84. The number of hydrogen-bond donors (Lipinski definition) is 5. The van der Waals surface area contributed by atoms with Gasteiger partial charge in [0.05, 0.1) is 37.6 Å². The smallest absolute Gasteiger partial charge is 0.337 e. The highest BCUT2D eigenvalue weighted by molar-refractivity contribution is 5.89. The fourth-order valence-corrected chi connectivity index (χ4v) is 3.82. The summed E-state index contributed by atoms with van der Waals surface area (Å²) in [5, 5.41) is 49.5. The van der Waals surface area contributed by atoms with Gasteiger partial charge in [0.25, 0.3) is 0 Å². The van der Waals surface area contributed by atoms with Crippen molar-refractivity contribution in [2.24, 2.45) is 11.8 Å². The summed E-state index contributed by atoms with van der Waals surface area (Å²) >= 11 is 0. The van der Waals surface area contributed by atoms with Crippen molar-refractivity contribution in [2.75, 3.05) is 13.7 Å². The molecule has 2 fully saturated rings. The van der Waals surface area contributed by atoms with Crippen LogP contribution in [0.1, 0.15) is 6.42 Å². The van der Waals surface area contributed by atoms with Crippen molar-refractivity contribution in [3.05, 3.63) is 24.0 Å². The van der Waals surface area contributed by atoms with Crippen LogP contribution in [0, 0.1) is 11.8 Å². The molecule has 27 heavy (non-hydrogen) atoms. The van der Waals surface area contributed by atoms with Gasteiger partial charge in [-0.15, -0.1) is 0 Å². The minimum Gasteiger partial charge on any atom is -0.471 e. The molecule has 10 heteroatoms. The largest absolute Gasteiger partial charge is 0.471 e.